The molecule has 0 aliphatic carbocycles. The molecule has 0 amide bonds. The van der Waals surface area contributed by atoms with E-state index < -0.39 is 0 Å². The minimum absolute atomic E-state index is 0.219. The third kappa shape index (κ3) is 3.57. The van der Waals surface area contributed by atoms with Crippen LogP contribution in [0.4, 0.5) is 0 Å². The number of ether oxygens (including phenoxy) is 1. The average Bonchev–Trinajstić information content (AvgIpc) is 2.89. The van der Waals surface area contributed by atoms with Gasteiger partial charge in [-0.05, 0) is 50.1 Å². The number of nitrogens with one attached hydrogen (secondary N) is 1. The van der Waals surface area contributed by atoms with Gasteiger partial charge in [-0.25, -0.2) is 0 Å². The van der Waals surface area contributed by atoms with Crippen molar-refractivity contribution >= 4 is 5.78 Å². The molecule has 3 heteroatoms. The molecule has 1 aliphatic rings. The van der Waals surface area contributed by atoms with Gasteiger partial charge in [0, 0.05) is 18.0 Å². The summed E-state index contributed by atoms with van der Waals surface area (Å²) in [7, 11) is 0. The molecular weight excluding hydrogens is 226 g/mol. The van der Waals surface area contributed by atoms with E-state index in [1.165, 1.54) is 6.42 Å². The molecule has 1 fully saturated rings. The molecule has 1 aliphatic heterocycles. The molecule has 0 radical (unpaired) electrons. The highest BCUT2D eigenvalue weighted by Crippen LogP contribution is 2.16. The van der Waals surface area contributed by atoms with E-state index in [-0.39, 0.29) is 5.78 Å². The summed E-state index contributed by atoms with van der Waals surface area (Å²) in [4.78, 5) is 12.0. The van der Waals surface area contributed by atoms with E-state index in [0.29, 0.717) is 12.5 Å². The van der Waals surface area contributed by atoms with Gasteiger partial charge in [0.25, 0.3) is 0 Å². The molecule has 1 aromatic rings. The Hall–Kier alpha value is -1.35. The Kier molecular flexibility index (Phi) is 4.76. The lowest BCUT2D eigenvalue weighted by molar-refractivity contribution is 0.0971. The number of carbonyl (C=O) groups excluding carboxylic acids is 1. The van der Waals surface area contributed by atoms with Gasteiger partial charge >= 0.3 is 0 Å². The van der Waals surface area contributed by atoms with E-state index in [0.717, 1.165) is 37.3 Å². The van der Waals surface area contributed by atoms with Gasteiger partial charge in [-0.1, -0.05) is 6.92 Å². The zero-order valence-electron chi connectivity index (χ0n) is 10.9. The third-order valence-corrected chi connectivity index (χ3v) is 3.24. The van der Waals surface area contributed by atoms with Crippen molar-refractivity contribution in [2.45, 2.75) is 38.6 Å². The fourth-order valence-electron chi connectivity index (χ4n) is 2.23. The third-order valence-electron chi connectivity index (χ3n) is 3.24. The second-order valence-electron chi connectivity index (χ2n) is 4.79. The number of rotatable bonds is 6. The van der Waals surface area contributed by atoms with Crippen molar-refractivity contribution in [1.29, 1.82) is 0 Å². The summed E-state index contributed by atoms with van der Waals surface area (Å²) in [6, 6.07) is 7.86. The molecule has 1 N–H and O–H groups in total. The van der Waals surface area contributed by atoms with Gasteiger partial charge in [0.1, 0.15) is 5.75 Å². The minimum Gasteiger partial charge on any atom is -0.494 e. The molecule has 18 heavy (non-hydrogen) atoms. The van der Waals surface area contributed by atoms with E-state index in [4.69, 9.17) is 4.74 Å². The van der Waals surface area contributed by atoms with Gasteiger partial charge in [0.15, 0.2) is 5.78 Å². The van der Waals surface area contributed by atoms with E-state index in [1.54, 1.807) is 0 Å². The predicted octanol–water partition coefficient (Wildman–Crippen LogP) is 2.80. The second kappa shape index (κ2) is 6.55. The fourth-order valence-corrected chi connectivity index (χ4v) is 2.23. The molecule has 98 valence electrons. The maximum Gasteiger partial charge on any atom is 0.164 e. The van der Waals surface area contributed by atoms with Gasteiger partial charge < -0.3 is 10.1 Å². The van der Waals surface area contributed by atoms with Gasteiger partial charge in [-0.2, -0.15) is 0 Å². The van der Waals surface area contributed by atoms with Crippen molar-refractivity contribution < 1.29 is 9.53 Å². The van der Waals surface area contributed by atoms with Crippen LogP contribution in [-0.4, -0.2) is 25.0 Å². The molecule has 2 rings (SSSR count). The standard InChI is InChI=1S/C15H21NO2/c1-2-10-18-14-7-5-12(6-8-14)15(17)11-13-4-3-9-16-13/h5-8,13,16H,2-4,9-11H2,1H3. The average molecular weight is 247 g/mol. The topological polar surface area (TPSA) is 38.3 Å². The van der Waals surface area contributed by atoms with Crippen LogP contribution in [0.5, 0.6) is 5.75 Å². The zero-order valence-corrected chi connectivity index (χ0v) is 10.9. The van der Waals surface area contributed by atoms with E-state index in [1.807, 2.05) is 24.3 Å². The Labute approximate surface area is 109 Å². The largest absolute Gasteiger partial charge is 0.494 e. The molecule has 1 atom stereocenters. The van der Waals surface area contributed by atoms with E-state index >= 15 is 0 Å². The molecule has 3 nitrogen and oxygen atoms in total. The summed E-state index contributed by atoms with van der Waals surface area (Å²) in [5.41, 5.74) is 0.785. The highest BCUT2D eigenvalue weighted by molar-refractivity contribution is 5.96. The first-order valence-corrected chi connectivity index (χ1v) is 6.79. The van der Waals surface area contributed by atoms with Gasteiger partial charge in [-0.3, -0.25) is 4.79 Å². The summed E-state index contributed by atoms with van der Waals surface area (Å²) in [5.74, 6) is 1.06. The summed E-state index contributed by atoms with van der Waals surface area (Å²) in [5, 5.41) is 3.35. The molecule has 0 spiro atoms. The number of hydrogen-bond donors (Lipinski definition) is 1. The maximum atomic E-state index is 12.0. The van der Waals surface area contributed by atoms with Crippen molar-refractivity contribution in [3.8, 4) is 5.75 Å². The smallest absolute Gasteiger partial charge is 0.164 e. The van der Waals surface area contributed by atoms with Crippen LogP contribution in [-0.2, 0) is 0 Å². The maximum absolute atomic E-state index is 12.0. The van der Waals surface area contributed by atoms with Gasteiger partial charge in [0.05, 0.1) is 6.61 Å². The van der Waals surface area contributed by atoms with Crippen molar-refractivity contribution in [2.24, 2.45) is 0 Å². The molecule has 1 saturated heterocycles. The van der Waals surface area contributed by atoms with Crippen molar-refractivity contribution in [3.05, 3.63) is 29.8 Å². The van der Waals surface area contributed by atoms with Crippen molar-refractivity contribution in [3.63, 3.8) is 0 Å². The summed E-state index contributed by atoms with van der Waals surface area (Å²) >= 11 is 0. The van der Waals surface area contributed by atoms with Crippen LogP contribution in [0.1, 0.15) is 43.0 Å². The van der Waals surface area contributed by atoms with Crippen LogP contribution in [0.3, 0.4) is 0 Å². The Morgan fingerprint density at radius 3 is 2.78 bits per heavy atom. The molecule has 0 aromatic heterocycles. The lowest BCUT2D eigenvalue weighted by atomic mass is 10.0. The minimum atomic E-state index is 0.219. The van der Waals surface area contributed by atoms with Crippen molar-refractivity contribution in [2.75, 3.05) is 13.2 Å². The first-order chi connectivity index (χ1) is 8.79. The number of benzene rings is 1. The lowest BCUT2D eigenvalue weighted by Crippen LogP contribution is -2.24. The Bertz CT molecular complexity index is 380. The summed E-state index contributed by atoms with van der Waals surface area (Å²) < 4.78 is 5.50. The zero-order chi connectivity index (χ0) is 12.8. The molecule has 0 bridgehead atoms. The second-order valence-corrected chi connectivity index (χ2v) is 4.79. The van der Waals surface area contributed by atoms with Gasteiger partial charge in [0.2, 0.25) is 0 Å². The lowest BCUT2D eigenvalue weighted by Gasteiger charge is -2.09. The molecule has 0 saturated carbocycles. The van der Waals surface area contributed by atoms with Crippen LogP contribution in [0.15, 0.2) is 24.3 Å². The highest BCUT2D eigenvalue weighted by Gasteiger charge is 2.18. The normalized spacial score (nSPS) is 18.8. The number of hydrogen-bond acceptors (Lipinski definition) is 3. The summed E-state index contributed by atoms with van der Waals surface area (Å²) in [6.07, 6.45) is 3.90. The monoisotopic (exact) mass is 247 g/mol. The molecule has 1 heterocycles. The van der Waals surface area contributed by atoms with Crippen LogP contribution in [0.25, 0.3) is 0 Å². The number of Topliss-reactive ketones (excluding diaryl/α,β-unsaturated/α-hetero) is 1. The Morgan fingerprint density at radius 2 is 2.17 bits per heavy atom. The molecule has 1 unspecified atom stereocenters. The SMILES string of the molecule is CCCOc1ccc(C(=O)CC2CCCN2)cc1. The Balaban J connectivity index is 1.89. The van der Waals surface area contributed by atoms with Crippen molar-refractivity contribution in [1.82, 2.24) is 5.32 Å². The van der Waals surface area contributed by atoms with Crippen LogP contribution >= 0.6 is 0 Å². The van der Waals surface area contributed by atoms with E-state index in [2.05, 4.69) is 12.2 Å². The van der Waals surface area contributed by atoms with Crippen LogP contribution in [0, 0.1) is 0 Å². The van der Waals surface area contributed by atoms with E-state index in [9.17, 15) is 4.79 Å². The number of carbonyl (C=O) groups is 1. The first-order valence-electron chi connectivity index (χ1n) is 6.79. The first kappa shape index (κ1) is 13.1. The molecular formula is C15H21NO2. The van der Waals surface area contributed by atoms with Crippen LogP contribution < -0.4 is 10.1 Å². The van der Waals surface area contributed by atoms with Gasteiger partial charge in [-0.15, -0.1) is 0 Å². The highest BCUT2D eigenvalue weighted by atomic mass is 16.5. The quantitative estimate of drug-likeness (QED) is 0.786. The number of ketones is 1. The molecule has 1 aromatic carbocycles. The predicted molar refractivity (Wildman–Crippen MR) is 72.2 cm³/mol. The van der Waals surface area contributed by atoms with Crippen LogP contribution in [0.2, 0.25) is 0 Å². The fraction of sp³-hybridized carbons (Fsp3) is 0.533. The Morgan fingerprint density at radius 1 is 1.39 bits per heavy atom. The summed E-state index contributed by atoms with van der Waals surface area (Å²) in [6.45, 7) is 3.84.